The van der Waals surface area contributed by atoms with Gasteiger partial charge in [-0.3, -0.25) is 14.8 Å². The van der Waals surface area contributed by atoms with Crippen LogP contribution in [0.25, 0.3) is 0 Å². The molecule has 1 fully saturated rings. The maximum absolute atomic E-state index is 12.1. The first-order valence-corrected chi connectivity index (χ1v) is 7.43. The SMILES string of the molecule is O=C(N[C@@H]1CN(Cc2ccccc2)C[C@H]1CO)c1cn[nH]c1. The van der Waals surface area contributed by atoms with E-state index in [0.29, 0.717) is 5.56 Å². The molecule has 0 radical (unpaired) electrons. The molecular weight excluding hydrogens is 280 g/mol. The van der Waals surface area contributed by atoms with Crippen LogP contribution in [0.2, 0.25) is 0 Å². The fraction of sp³-hybridized carbons (Fsp3) is 0.375. The first-order valence-electron chi connectivity index (χ1n) is 7.43. The van der Waals surface area contributed by atoms with Crippen molar-refractivity contribution in [1.82, 2.24) is 20.4 Å². The quantitative estimate of drug-likeness (QED) is 0.756. The van der Waals surface area contributed by atoms with Gasteiger partial charge in [0.2, 0.25) is 0 Å². The van der Waals surface area contributed by atoms with Gasteiger partial charge in [0, 0.05) is 44.4 Å². The second-order valence-electron chi connectivity index (χ2n) is 5.69. The highest BCUT2D eigenvalue weighted by Gasteiger charge is 2.33. The smallest absolute Gasteiger partial charge is 0.254 e. The molecule has 0 unspecified atom stereocenters. The number of aliphatic hydroxyl groups excluding tert-OH is 1. The largest absolute Gasteiger partial charge is 0.396 e. The fourth-order valence-electron chi connectivity index (χ4n) is 2.91. The van der Waals surface area contributed by atoms with Crippen molar-refractivity contribution in [3.8, 4) is 0 Å². The monoisotopic (exact) mass is 300 g/mol. The lowest BCUT2D eigenvalue weighted by atomic mass is 10.1. The minimum Gasteiger partial charge on any atom is -0.396 e. The van der Waals surface area contributed by atoms with Gasteiger partial charge in [0.15, 0.2) is 0 Å². The second-order valence-corrected chi connectivity index (χ2v) is 5.69. The molecule has 6 heteroatoms. The maximum atomic E-state index is 12.1. The number of nitrogens with zero attached hydrogens (tertiary/aromatic N) is 2. The molecule has 116 valence electrons. The zero-order chi connectivity index (χ0) is 15.4. The highest BCUT2D eigenvalue weighted by atomic mass is 16.3. The Morgan fingerprint density at radius 2 is 2.18 bits per heavy atom. The number of carbonyl (C=O) groups excluding carboxylic acids is 1. The molecule has 0 saturated carbocycles. The summed E-state index contributed by atoms with van der Waals surface area (Å²) in [6, 6.07) is 10.2. The van der Waals surface area contributed by atoms with E-state index in [1.54, 1.807) is 6.20 Å². The van der Waals surface area contributed by atoms with Gasteiger partial charge in [-0.25, -0.2) is 0 Å². The Hall–Kier alpha value is -2.18. The van der Waals surface area contributed by atoms with Crippen LogP contribution in [0.4, 0.5) is 0 Å². The Kier molecular flexibility index (Phi) is 4.50. The van der Waals surface area contributed by atoms with Gasteiger partial charge in [-0.15, -0.1) is 0 Å². The summed E-state index contributed by atoms with van der Waals surface area (Å²) in [4.78, 5) is 14.4. The summed E-state index contributed by atoms with van der Waals surface area (Å²) >= 11 is 0. The molecule has 1 saturated heterocycles. The van der Waals surface area contributed by atoms with E-state index in [0.717, 1.165) is 19.6 Å². The van der Waals surface area contributed by atoms with Crippen molar-refractivity contribution in [2.45, 2.75) is 12.6 Å². The van der Waals surface area contributed by atoms with Crippen LogP contribution in [0.3, 0.4) is 0 Å². The van der Waals surface area contributed by atoms with E-state index in [1.165, 1.54) is 11.8 Å². The third-order valence-corrected chi connectivity index (χ3v) is 4.08. The molecule has 0 bridgehead atoms. The standard InChI is InChI=1S/C16H20N4O2/c21-11-14-9-20(8-12-4-2-1-3-5-12)10-15(14)19-16(22)13-6-17-18-7-13/h1-7,14-15,21H,8-11H2,(H,17,18)(H,19,22)/t14-,15+/m0/s1. The lowest BCUT2D eigenvalue weighted by Gasteiger charge is -2.17. The number of aliphatic hydroxyl groups is 1. The van der Waals surface area contributed by atoms with Gasteiger partial charge >= 0.3 is 0 Å². The average molecular weight is 300 g/mol. The molecular formula is C16H20N4O2. The molecule has 1 aromatic carbocycles. The van der Waals surface area contributed by atoms with Crippen molar-refractivity contribution in [3.05, 3.63) is 53.9 Å². The summed E-state index contributed by atoms with van der Waals surface area (Å²) in [6.45, 7) is 2.42. The molecule has 2 aromatic rings. The summed E-state index contributed by atoms with van der Waals surface area (Å²) in [5.74, 6) is -0.0988. The molecule has 2 atom stereocenters. The van der Waals surface area contributed by atoms with Gasteiger partial charge in [-0.1, -0.05) is 30.3 Å². The predicted molar refractivity (Wildman–Crippen MR) is 82.1 cm³/mol. The number of hydrogen-bond acceptors (Lipinski definition) is 4. The number of carbonyl (C=O) groups is 1. The Labute approximate surface area is 129 Å². The number of nitrogens with one attached hydrogen (secondary N) is 2. The molecule has 1 aliphatic rings. The molecule has 2 heterocycles. The minimum atomic E-state index is -0.154. The number of aromatic amines is 1. The topological polar surface area (TPSA) is 81.2 Å². The first-order chi connectivity index (χ1) is 10.8. The number of hydrogen-bond donors (Lipinski definition) is 3. The van der Waals surface area contributed by atoms with E-state index in [2.05, 4.69) is 32.5 Å². The van der Waals surface area contributed by atoms with Crippen LogP contribution in [-0.2, 0) is 6.54 Å². The van der Waals surface area contributed by atoms with Crippen molar-refractivity contribution >= 4 is 5.91 Å². The van der Waals surface area contributed by atoms with E-state index in [4.69, 9.17) is 0 Å². The molecule has 22 heavy (non-hydrogen) atoms. The van der Waals surface area contributed by atoms with Crippen LogP contribution in [0.15, 0.2) is 42.7 Å². The molecule has 3 rings (SSSR count). The zero-order valence-electron chi connectivity index (χ0n) is 12.3. The van der Waals surface area contributed by atoms with Gasteiger partial charge in [-0.05, 0) is 5.56 Å². The van der Waals surface area contributed by atoms with Crippen molar-refractivity contribution < 1.29 is 9.90 Å². The normalized spacial score (nSPS) is 21.9. The van der Waals surface area contributed by atoms with E-state index in [-0.39, 0.29) is 24.5 Å². The van der Waals surface area contributed by atoms with E-state index in [9.17, 15) is 9.90 Å². The molecule has 6 nitrogen and oxygen atoms in total. The maximum Gasteiger partial charge on any atom is 0.254 e. The summed E-state index contributed by atoms with van der Waals surface area (Å²) in [7, 11) is 0. The van der Waals surface area contributed by atoms with Crippen LogP contribution in [0.1, 0.15) is 15.9 Å². The number of benzene rings is 1. The van der Waals surface area contributed by atoms with Crippen molar-refractivity contribution in [1.29, 1.82) is 0 Å². The van der Waals surface area contributed by atoms with E-state index in [1.807, 2.05) is 18.2 Å². The van der Waals surface area contributed by atoms with Gasteiger partial charge < -0.3 is 10.4 Å². The van der Waals surface area contributed by atoms with Crippen LogP contribution in [0, 0.1) is 5.92 Å². The van der Waals surface area contributed by atoms with Crippen LogP contribution in [-0.4, -0.2) is 51.8 Å². The van der Waals surface area contributed by atoms with Gasteiger partial charge in [0.1, 0.15) is 0 Å². The first kappa shape index (κ1) is 14.7. The fourth-order valence-corrected chi connectivity index (χ4v) is 2.91. The number of amides is 1. The molecule has 1 aromatic heterocycles. The predicted octanol–water partition coefficient (Wildman–Crippen LogP) is 0.632. The van der Waals surface area contributed by atoms with Crippen molar-refractivity contribution in [3.63, 3.8) is 0 Å². The van der Waals surface area contributed by atoms with Gasteiger partial charge in [-0.2, -0.15) is 5.10 Å². The lowest BCUT2D eigenvalue weighted by molar-refractivity contribution is 0.0921. The number of likely N-dealkylation sites (tertiary alicyclic amines) is 1. The summed E-state index contributed by atoms with van der Waals surface area (Å²) < 4.78 is 0. The zero-order valence-corrected chi connectivity index (χ0v) is 12.3. The molecule has 0 aliphatic carbocycles. The summed E-state index contributed by atoms with van der Waals surface area (Å²) in [5.41, 5.74) is 1.75. The number of aromatic nitrogens is 2. The highest BCUT2D eigenvalue weighted by Crippen LogP contribution is 2.19. The average Bonchev–Trinajstić information content (AvgIpc) is 3.18. The Balaban J connectivity index is 1.61. The lowest BCUT2D eigenvalue weighted by Crippen LogP contribution is -2.41. The minimum absolute atomic E-state index is 0.0453. The third kappa shape index (κ3) is 3.35. The summed E-state index contributed by atoms with van der Waals surface area (Å²) in [6.07, 6.45) is 3.07. The second kappa shape index (κ2) is 6.72. The molecule has 3 N–H and O–H groups in total. The van der Waals surface area contributed by atoms with Crippen LogP contribution < -0.4 is 5.32 Å². The van der Waals surface area contributed by atoms with Crippen molar-refractivity contribution in [2.24, 2.45) is 5.92 Å². The van der Waals surface area contributed by atoms with Crippen LogP contribution >= 0.6 is 0 Å². The Morgan fingerprint density at radius 3 is 2.86 bits per heavy atom. The molecule has 1 amide bonds. The number of H-pyrrole nitrogens is 1. The Morgan fingerprint density at radius 1 is 1.36 bits per heavy atom. The highest BCUT2D eigenvalue weighted by molar-refractivity contribution is 5.93. The molecule has 1 aliphatic heterocycles. The van der Waals surface area contributed by atoms with E-state index < -0.39 is 0 Å². The van der Waals surface area contributed by atoms with Gasteiger partial charge in [0.05, 0.1) is 11.8 Å². The Bertz CT molecular complexity index is 600. The summed E-state index contributed by atoms with van der Waals surface area (Å²) in [5, 5.41) is 19.0. The molecule has 0 spiro atoms. The number of rotatable bonds is 5. The van der Waals surface area contributed by atoms with Crippen LogP contribution in [0.5, 0.6) is 0 Å². The van der Waals surface area contributed by atoms with Gasteiger partial charge in [0.25, 0.3) is 5.91 Å². The van der Waals surface area contributed by atoms with E-state index >= 15 is 0 Å². The third-order valence-electron chi connectivity index (χ3n) is 4.08. The van der Waals surface area contributed by atoms with Crippen molar-refractivity contribution in [2.75, 3.05) is 19.7 Å².